The lowest BCUT2D eigenvalue weighted by Gasteiger charge is -2.02. The van der Waals surface area contributed by atoms with Crippen LogP contribution in [-0.4, -0.2) is 18.5 Å². The number of hydrogen-bond donors (Lipinski definition) is 1. The molecule has 0 unspecified atom stereocenters. The molecule has 0 spiro atoms. The van der Waals surface area contributed by atoms with Crippen LogP contribution in [0.3, 0.4) is 0 Å². The Morgan fingerprint density at radius 2 is 2.06 bits per heavy atom. The van der Waals surface area contributed by atoms with Gasteiger partial charge in [-0.25, -0.2) is 0 Å². The minimum absolute atomic E-state index is 0.852. The predicted molar refractivity (Wildman–Crippen MR) is 71.3 cm³/mol. The SMILES string of the molecule is COc1ccc(Nc2n[n+](C)c(SC)s2)cc1. The third-order valence-electron chi connectivity index (χ3n) is 2.20. The van der Waals surface area contributed by atoms with Crippen LogP contribution in [0.4, 0.5) is 10.8 Å². The second-order valence-electron chi connectivity index (χ2n) is 3.35. The van der Waals surface area contributed by atoms with Crippen LogP contribution >= 0.6 is 23.1 Å². The highest BCUT2D eigenvalue weighted by atomic mass is 32.2. The van der Waals surface area contributed by atoms with E-state index < -0.39 is 0 Å². The minimum Gasteiger partial charge on any atom is -0.497 e. The van der Waals surface area contributed by atoms with E-state index in [1.807, 2.05) is 42.3 Å². The summed E-state index contributed by atoms with van der Waals surface area (Å²) in [6.45, 7) is 0. The molecule has 0 saturated heterocycles. The number of nitrogens with zero attached hydrogens (tertiary/aromatic N) is 2. The molecule has 0 aliphatic carbocycles. The van der Waals surface area contributed by atoms with Gasteiger partial charge in [0.05, 0.1) is 7.11 Å². The first kappa shape index (κ1) is 12.2. The van der Waals surface area contributed by atoms with Crippen LogP contribution in [0.1, 0.15) is 0 Å². The third-order valence-corrected chi connectivity index (χ3v) is 4.38. The monoisotopic (exact) mass is 268 g/mol. The fourth-order valence-corrected chi connectivity index (χ4v) is 2.91. The van der Waals surface area contributed by atoms with Crippen LogP contribution in [0.15, 0.2) is 28.6 Å². The summed E-state index contributed by atoms with van der Waals surface area (Å²) in [5.74, 6) is 0.852. The van der Waals surface area contributed by atoms with Gasteiger partial charge in [0.2, 0.25) is 0 Å². The lowest BCUT2D eigenvalue weighted by atomic mass is 10.3. The van der Waals surface area contributed by atoms with Crippen molar-refractivity contribution in [2.45, 2.75) is 4.34 Å². The Balaban J connectivity index is 2.13. The van der Waals surface area contributed by atoms with Gasteiger partial charge in [0.15, 0.2) is 7.05 Å². The van der Waals surface area contributed by atoms with Gasteiger partial charge in [-0.3, -0.25) is 0 Å². The van der Waals surface area contributed by atoms with Crippen molar-refractivity contribution in [2.75, 3.05) is 18.7 Å². The normalized spacial score (nSPS) is 10.3. The van der Waals surface area contributed by atoms with Crippen LogP contribution in [-0.2, 0) is 7.05 Å². The van der Waals surface area contributed by atoms with Crippen molar-refractivity contribution in [3.8, 4) is 5.75 Å². The van der Waals surface area contributed by atoms with Gasteiger partial charge in [0.25, 0.3) is 5.13 Å². The van der Waals surface area contributed by atoms with Crippen molar-refractivity contribution in [2.24, 2.45) is 7.05 Å². The van der Waals surface area contributed by atoms with Gasteiger partial charge in [0.1, 0.15) is 5.75 Å². The summed E-state index contributed by atoms with van der Waals surface area (Å²) >= 11 is 3.33. The molecule has 0 atom stereocenters. The zero-order valence-corrected chi connectivity index (χ0v) is 11.6. The molecule has 0 amide bonds. The fraction of sp³-hybridized carbons (Fsp3) is 0.273. The van der Waals surface area contributed by atoms with E-state index in [1.54, 1.807) is 30.2 Å². The summed E-state index contributed by atoms with van der Waals surface area (Å²) in [6.07, 6.45) is 2.05. The Bertz CT molecular complexity index is 496. The van der Waals surface area contributed by atoms with Gasteiger partial charge in [-0.2, -0.15) is 0 Å². The molecule has 90 valence electrons. The van der Waals surface area contributed by atoms with Gasteiger partial charge in [-0.1, -0.05) is 4.68 Å². The predicted octanol–water partition coefficient (Wildman–Crippen LogP) is 2.44. The molecule has 1 N–H and O–H groups in total. The first-order chi connectivity index (χ1) is 8.22. The lowest BCUT2D eigenvalue weighted by Crippen LogP contribution is -2.31. The van der Waals surface area contributed by atoms with Crippen LogP contribution < -0.4 is 14.7 Å². The minimum atomic E-state index is 0.852. The van der Waals surface area contributed by atoms with Gasteiger partial charge >= 0.3 is 4.34 Å². The van der Waals surface area contributed by atoms with E-state index in [9.17, 15) is 0 Å². The molecule has 17 heavy (non-hydrogen) atoms. The van der Waals surface area contributed by atoms with Gasteiger partial charge in [-0.05, 0) is 53.6 Å². The van der Waals surface area contributed by atoms with E-state index in [1.165, 1.54) is 4.34 Å². The first-order valence-electron chi connectivity index (χ1n) is 5.05. The van der Waals surface area contributed by atoms with Crippen molar-refractivity contribution in [3.05, 3.63) is 24.3 Å². The van der Waals surface area contributed by atoms with Crippen LogP contribution in [0.5, 0.6) is 5.75 Å². The molecular weight excluding hydrogens is 254 g/mol. The lowest BCUT2D eigenvalue weighted by molar-refractivity contribution is -0.757. The Hall–Kier alpha value is -1.27. The molecule has 0 fully saturated rings. The average Bonchev–Trinajstić information content (AvgIpc) is 2.70. The average molecular weight is 268 g/mol. The number of nitrogens with one attached hydrogen (secondary N) is 1. The van der Waals surface area contributed by atoms with Crippen molar-refractivity contribution in [3.63, 3.8) is 0 Å². The van der Waals surface area contributed by atoms with Crippen LogP contribution in [0, 0.1) is 0 Å². The standard InChI is InChI=1S/C11H14N3OS2/c1-14-11(16-3)17-10(13-14)12-8-4-6-9(15-2)7-5-8/h4-7H,1-3H3,(H,12,13)/q+1. The molecule has 1 aromatic carbocycles. The molecule has 0 saturated carbocycles. The maximum atomic E-state index is 5.11. The van der Waals surface area contributed by atoms with E-state index in [-0.39, 0.29) is 0 Å². The van der Waals surface area contributed by atoms with Gasteiger partial charge in [-0.15, -0.1) is 0 Å². The van der Waals surface area contributed by atoms with E-state index >= 15 is 0 Å². The first-order valence-corrected chi connectivity index (χ1v) is 7.09. The number of ether oxygens (including phenoxy) is 1. The number of rotatable bonds is 4. The number of anilines is 2. The molecular formula is C11H14N3OS2+. The summed E-state index contributed by atoms with van der Waals surface area (Å²) in [5, 5.41) is 8.55. The molecule has 0 aliphatic rings. The molecule has 4 nitrogen and oxygen atoms in total. The Labute approximate surface area is 109 Å². The van der Waals surface area contributed by atoms with Gasteiger partial charge in [0, 0.05) is 10.8 Å². The highest BCUT2D eigenvalue weighted by molar-refractivity contribution is 8.00. The fourth-order valence-electron chi connectivity index (χ4n) is 1.37. The summed E-state index contributed by atoms with van der Waals surface area (Å²) < 4.78 is 8.16. The van der Waals surface area contributed by atoms with Crippen molar-refractivity contribution in [1.29, 1.82) is 0 Å². The van der Waals surface area contributed by atoms with Crippen LogP contribution in [0.25, 0.3) is 0 Å². The van der Waals surface area contributed by atoms with E-state index in [0.717, 1.165) is 16.6 Å². The zero-order valence-electron chi connectivity index (χ0n) is 9.93. The number of thioether (sulfide) groups is 1. The molecule has 0 radical (unpaired) electrons. The largest absolute Gasteiger partial charge is 0.497 e. The molecule has 2 aromatic rings. The second kappa shape index (κ2) is 5.37. The number of aryl methyl sites for hydroxylation is 1. The number of benzene rings is 1. The molecule has 1 heterocycles. The molecule has 0 bridgehead atoms. The number of methoxy groups -OCH3 is 1. The second-order valence-corrected chi connectivity index (χ2v) is 5.39. The summed E-state index contributed by atoms with van der Waals surface area (Å²) in [5.41, 5.74) is 1.01. The quantitative estimate of drug-likeness (QED) is 0.683. The van der Waals surface area contributed by atoms with E-state index in [2.05, 4.69) is 10.4 Å². The van der Waals surface area contributed by atoms with Gasteiger partial charge < -0.3 is 10.1 Å². The Kier molecular flexibility index (Phi) is 3.86. The third kappa shape index (κ3) is 2.89. The number of aromatic nitrogens is 2. The van der Waals surface area contributed by atoms with E-state index in [0.29, 0.717) is 0 Å². The number of hydrogen-bond acceptors (Lipinski definition) is 5. The maximum absolute atomic E-state index is 5.11. The van der Waals surface area contributed by atoms with Crippen molar-refractivity contribution < 1.29 is 9.42 Å². The van der Waals surface area contributed by atoms with E-state index in [4.69, 9.17) is 4.74 Å². The van der Waals surface area contributed by atoms with Crippen molar-refractivity contribution >= 4 is 33.9 Å². The smallest absolute Gasteiger partial charge is 0.325 e. The zero-order chi connectivity index (χ0) is 12.3. The Morgan fingerprint density at radius 3 is 2.59 bits per heavy atom. The topological polar surface area (TPSA) is 38.0 Å². The van der Waals surface area contributed by atoms with Crippen LogP contribution in [0.2, 0.25) is 0 Å². The Morgan fingerprint density at radius 1 is 1.35 bits per heavy atom. The summed E-state index contributed by atoms with van der Waals surface area (Å²) in [6, 6.07) is 7.79. The summed E-state index contributed by atoms with van der Waals surface area (Å²) in [4.78, 5) is 0. The highest BCUT2D eigenvalue weighted by Crippen LogP contribution is 2.25. The molecule has 6 heteroatoms. The summed E-state index contributed by atoms with van der Waals surface area (Å²) in [7, 11) is 3.61. The highest BCUT2D eigenvalue weighted by Gasteiger charge is 2.14. The molecule has 1 aromatic heterocycles. The van der Waals surface area contributed by atoms with Crippen molar-refractivity contribution in [1.82, 2.24) is 5.10 Å². The molecule has 2 rings (SSSR count). The molecule has 0 aliphatic heterocycles. The maximum Gasteiger partial charge on any atom is 0.325 e.